The summed E-state index contributed by atoms with van der Waals surface area (Å²) < 4.78 is 0. The molecule has 134 valence electrons. The molecule has 0 spiro atoms. The number of ketones is 2. The molecule has 27 heavy (non-hydrogen) atoms. The van der Waals surface area contributed by atoms with Crippen molar-refractivity contribution in [3.05, 3.63) is 112 Å². The second kappa shape index (κ2) is 8.67. The van der Waals surface area contributed by atoms with Crippen molar-refractivity contribution >= 4 is 40.5 Å². The van der Waals surface area contributed by atoms with E-state index in [0.717, 1.165) is 0 Å². The highest BCUT2D eigenvalue weighted by atomic mass is 35.5. The Bertz CT molecular complexity index is 999. The van der Waals surface area contributed by atoms with Crippen LogP contribution in [-0.4, -0.2) is 11.6 Å². The minimum atomic E-state index is -0.300. The predicted molar refractivity (Wildman–Crippen MR) is 110 cm³/mol. The number of carbonyl (C=O) groups excluding carboxylic acids is 2. The molecule has 3 nitrogen and oxygen atoms in total. The van der Waals surface area contributed by atoms with E-state index < -0.39 is 0 Å². The van der Waals surface area contributed by atoms with Gasteiger partial charge in [0.25, 0.3) is 0 Å². The lowest BCUT2D eigenvalue weighted by atomic mass is 10.0. The third kappa shape index (κ3) is 4.85. The number of hydrogen-bond donors (Lipinski definition) is 1. The minimum absolute atomic E-state index is 0.147. The van der Waals surface area contributed by atoms with Crippen molar-refractivity contribution in [3.8, 4) is 0 Å². The summed E-state index contributed by atoms with van der Waals surface area (Å²) in [6.45, 7) is 0. The van der Waals surface area contributed by atoms with Gasteiger partial charge in [0.1, 0.15) is 0 Å². The first kappa shape index (κ1) is 18.9. The summed E-state index contributed by atoms with van der Waals surface area (Å²) in [5.74, 6) is -0.576. The molecule has 0 atom stereocenters. The SMILES string of the molecule is O=C(/C=C(\Nc1ccc(Cl)c(Cl)c1)C(=O)c1ccccc1)c1ccccc1. The van der Waals surface area contributed by atoms with Crippen LogP contribution in [0.3, 0.4) is 0 Å². The molecule has 0 unspecified atom stereocenters. The van der Waals surface area contributed by atoms with E-state index in [-0.39, 0.29) is 17.3 Å². The van der Waals surface area contributed by atoms with Crippen LogP contribution in [0.5, 0.6) is 0 Å². The molecule has 3 rings (SSSR count). The van der Waals surface area contributed by atoms with Gasteiger partial charge in [-0.25, -0.2) is 0 Å². The van der Waals surface area contributed by atoms with Crippen molar-refractivity contribution in [2.24, 2.45) is 0 Å². The molecule has 0 aliphatic carbocycles. The van der Waals surface area contributed by atoms with Gasteiger partial charge in [0.05, 0.1) is 15.7 Å². The highest BCUT2D eigenvalue weighted by Crippen LogP contribution is 2.26. The van der Waals surface area contributed by atoms with Crippen LogP contribution in [0.2, 0.25) is 10.0 Å². The molecule has 0 fully saturated rings. The van der Waals surface area contributed by atoms with Gasteiger partial charge in [-0.05, 0) is 18.2 Å². The molecule has 0 aromatic heterocycles. The van der Waals surface area contributed by atoms with Crippen molar-refractivity contribution in [3.63, 3.8) is 0 Å². The van der Waals surface area contributed by atoms with Crippen molar-refractivity contribution in [1.82, 2.24) is 0 Å². The van der Waals surface area contributed by atoms with Crippen molar-refractivity contribution in [1.29, 1.82) is 0 Å². The van der Waals surface area contributed by atoms with E-state index in [1.54, 1.807) is 66.7 Å². The van der Waals surface area contributed by atoms with E-state index >= 15 is 0 Å². The number of allylic oxidation sites excluding steroid dienone is 2. The van der Waals surface area contributed by atoms with E-state index in [9.17, 15) is 9.59 Å². The minimum Gasteiger partial charge on any atom is -0.352 e. The maximum Gasteiger partial charge on any atom is 0.209 e. The summed E-state index contributed by atoms with van der Waals surface area (Å²) >= 11 is 12.0. The summed E-state index contributed by atoms with van der Waals surface area (Å²) in [5, 5.41) is 3.75. The Morgan fingerprint density at radius 3 is 1.93 bits per heavy atom. The van der Waals surface area contributed by atoms with Crippen LogP contribution in [-0.2, 0) is 0 Å². The third-order valence-corrected chi connectivity index (χ3v) is 4.55. The Balaban J connectivity index is 1.97. The normalized spacial score (nSPS) is 11.1. The quantitative estimate of drug-likeness (QED) is 0.407. The fourth-order valence-corrected chi connectivity index (χ4v) is 2.75. The molecule has 0 aliphatic rings. The Morgan fingerprint density at radius 2 is 1.33 bits per heavy atom. The van der Waals surface area contributed by atoms with Crippen molar-refractivity contribution in [2.45, 2.75) is 0 Å². The second-order valence-electron chi connectivity index (χ2n) is 5.74. The van der Waals surface area contributed by atoms with Crippen LogP contribution in [0, 0.1) is 0 Å². The average molecular weight is 396 g/mol. The van der Waals surface area contributed by atoms with Gasteiger partial charge in [0.15, 0.2) is 5.78 Å². The maximum absolute atomic E-state index is 12.9. The van der Waals surface area contributed by atoms with Gasteiger partial charge in [-0.2, -0.15) is 0 Å². The average Bonchev–Trinajstić information content (AvgIpc) is 2.71. The Kier molecular flexibility index (Phi) is 6.07. The van der Waals surface area contributed by atoms with Gasteiger partial charge < -0.3 is 5.32 Å². The van der Waals surface area contributed by atoms with Crippen molar-refractivity contribution < 1.29 is 9.59 Å². The molecule has 0 radical (unpaired) electrons. The third-order valence-electron chi connectivity index (χ3n) is 3.81. The topological polar surface area (TPSA) is 46.2 Å². The van der Waals surface area contributed by atoms with Crippen LogP contribution in [0.25, 0.3) is 0 Å². The highest BCUT2D eigenvalue weighted by molar-refractivity contribution is 6.42. The van der Waals surface area contributed by atoms with E-state index in [2.05, 4.69) is 5.32 Å². The molecular weight excluding hydrogens is 381 g/mol. The van der Waals surface area contributed by atoms with Crippen LogP contribution in [0.15, 0.2) is 90.6 Å². The van der Waals surface area contributed by atoms with E-state index in [0.29, 0.717) is 26.9 Å². The number of hydrogen-bond acceptors (Lipinski definition) is 3. The Labute approximate surface area is 167 Å². The standard InChI is InChI=1S/C22H15Cl2NO2/c23-18-12-11-17(13-19(18)24)25-20(22(27)16-9-5-2-6-10-16)14-21(26)15-7-3-1-4-8-15/h1-14,25H/b20-14-. The smallest absolute Gasteiger partial charge is 0.209 e. The fourth-order valence-electron chi connectivity index (χ4n) is 2.45. The summed E-state index contributed by atoms with van der Waals surface area (Å²) in [5.41, 5.74) is 1.67. The first-order chi connectivity index (χ1) is 13.0. The first-order valence-corrected chi connectivity index (χ1v) is 8.93. The first-order valence-electron chi connectivity index (χ1n) is 8.17. The van der Waals surface area contributed by atoms with Gasteiger partial charge in [-0.3, -0.25) is 9.59 Å². The van der Waals surface area contributed by atoms with Gasteiger partial charge in [0, 0.05) is 22.9 Å². The predicted octanol–water partition coefficient (Wildman–Crippen LogP) is 6.06. The van der Waals surface area contributed by atoms with Crippen LogP contribution < -0.4 is 5.32 Å². The molecule has 0 saturated heterocycles. The number of rotatable bonds is 6. The molecule has 3 aromatic rings. The van der Waals surface area contributed by atoms with Crippen LogP contribution >= 0.6 is 23.2 Å². The Morgan fingerprint density at radius 1 is 0.741 bits per heavy atom. The number of nitrogens with one attached hydrogen (secondary N) is 1. The van der Waals surface area contributed by atoms with Crippen LogP contribution in [0.4, 0.5) is 5.69 Å². The summed E-state index contributed by atoms with van der Waals surface area (Å²) in [6, 6.07) is 22.4. The maximum atomic E-state index is 12.9. The number of carbonyl (C=O) groups is 2. The zero-order valence-corrected chi connectivity index (χ0v) is 15.7. The number of Topliss-reactive ketones (excluding diaryl/α,β-unsaturated/α-hetero) is 1. The summed E-state index contributed by atoms with van der Waals surface area (Å²) in [7, 11) is 0. The fraction of sp³-hybridized carbons (Fsp3) is 0. The molecule has 0 aliphatic heterocycles. The summed E-state index contributed by atoms with van der Waals surface area (Å²) in [4.78, 5) is 25.5. The molecule has 0 bridgehead atoms. The van der Waals surface area contributed by atoms with Gasteiger partial charge in [-0.1, -0.05) is 83.9 Å². The van der Waals surface area contributed by atoms with Gasteiger partial charge in [-0.15, -0.1) is 0 Å². The molecule has 0 heterocycles. The van der Waals surface area contributed by atoms with Gasteiger partial charge >= 0.3 is 0 Å². The van der Waals surface area contributed by atoms with Gasteiger partial charge in [0.2, 0.25) is 5.78 Å². The largest absolute Gasteiger partial charge is 0.352 e. The number of anilines is 1. The lowest BCUT2D eigenvalue weighted by Crippen LogP contribution is -2.14. The molecule has 0 amide bonds. The Hall–Kier alpha value is -2.88. The summed E-state index contributed by atoms with van der Waals surface area (Å²) in [6.07, 6.45) is 1.30. The van der Waals surface area contributed by atoms with Crippen LogP contribution in [0.1, 0.15) is 20.7 Å². The molecule has 1 N–H and O–H groups in total. The number of halogens is 2. The molecular formula is C22H15Cl2NO2. The molecule has 3 aromatic carbocycles. The molecule has 5 heteroatoms. The zero-order valence-electron chi connectivity index (χ0n) is 14.2. The van der Waals surface area contributed by atoms with E-state index in [4.69, 9.17) is 23.2 Å². The molecule has 0 saturated carbocycles. The van der Waals surface area contributed by atoms with E-state index in [1.165, 1.54) is 6.08 Å². The monoisotopic (exact) mass is 395 g/mol. The lowest BCUT2D eigenvalue weighted by Gasteiger charge is -2.11. The second-order valence-corrected chi connectivity index (χ2v) is 6.55. The lowest BCUT2D eigenvalue weighted by molar-refractivity contribution is 0.101. The number of benzene rings is 3. The zero-order chi connectivity index (χ0) is 19.2. The van der Waals surface area contributed by atoms with E-state index in [1.807, 2.05) is 12.1 Å². The highest BCUT2D eigenvalue weighted by Gasteiger charge is 2.15. The van der Waals surface area contributed by atoms with Crippen molar-refractivity contribution in [2.75, 3.05) is 5.32 Å².